The molecule has 0 aliphatic carbocycles. The Morgan fingerprint density at radius 3 is 2.58 bits per heavy atom. The second-order valence-corrected chi connectivity index (χ2v) is 9.06. The van der Waals surface area contributed by atoms with E-state index >= 15 is 0 Å². The highest BCUT2D eigenvalue weighted by Crippen LogP contribution is 2.25. The fourth-order valence-electron chi connectivity index (χ4n) is 3.78. The fourth-order valence-corrected chi connectivity index (χ4v) is 4.97. The third-order valence-electron chi connectivity index (χ3n) is 5.29. The van der Waals surface area contributed by atoms with Crippen LogP contribution in [0.15, 0.2) is 41.7 Å². The minimum absolute atomic E-state index is 0.00815. The number of hydrogen-bond donors (Lipinski definition) is 1. The van der Waals surface area contributed by atoms with Gasteiger partial charge in [-0.2, -0.15) is 5.10 Å². The average Bonchev–Trinajstić information content (AvgIpc) is 2.99. The van der Waals surface area contributed by atoms with E-state index in [9.17, 15) is 18.5 Å². The summed E-state index contributed by atoms with van der Waals surface area (Å²) in [4.78, 5) is 21.1. The van der Waals surface area contributed by atoms with Crippen molar-refractivity contribution in [2.45, 2.75) is 37.1 Å². The van der Waals surface area contributed by atoms with Crippen molar-refractivity contribution in [3.05, 3.63) is 46.9 Å². The summed E-state index contributed by atoms with van der Waals surface area (Å²) in [6.07, 6.45) is 7.86. The van der Waals surface area contributed by atoms with E-state index < -0.39 is 20.6 Å². The summed E-state index contributed by atoms with van der Waals surface area (Å²) in [6.45, 7) is 2.11. The number of fused-ring (bicyclic) bond motifs is 1. The van der Waals surface area contributed by atoms with E-state index in [1.54, 1.807) is 10.9 Å². The molecule has 0 amide bonds. The number of hydrogen-bond acceptors (Lipinski definition) is 8. The van der Waals surface area contributed by atoms with Gasteiger partial charge in [0.15, 0.2) is 10.5 Å². The van der Waals surface area contributed by atoms with Crippen LogP contribution in [0.25, 0.3) is 11.0 Å². The van der Waals surface area contributed by atoms with Gasteiger partial charge in [0.05, 0.1) is 23.1 Å². The summed E-state index contributed by atoms with van der Waals surface area (Å²) in [5.74, 6) is 0.846. The normalized spacial score (nSPS) is 15.2. The number of benzene rings is 1. The molecule has 0 radical (unpaired) electrons. The molecule has 12 heteroatoms. The van der Waals surface area contributed by atoms with Crippen molar-refractivity contribution >= 4 is 32.6 Å². The molecule has 0 atom stereocenters. The molecule has 1 aliphatic heterocycles. The maximum atomic E-state index is 12.6. The molecule has 0 bridgehead atoms. The molecule has 0 saturated carbocycles. The standard InChI is InChI=1S/C19H23N7O4S/c27-26(28)16-7-3-4-8-17(16)31(29,30)23-9-12-25-19-15(13-22-25)18(20-14-21-19)24-10-5-1-2-6-11-24/h3-4,7-8,13-14,23H,1-2,5-6,9-12H2. The maximum Gasteiger partial charge on any atom is 0.289 e. The minimum Gasteiger partial charge on any atom is -0.356 e. The summed E-state index contributed by atoms with van der Waals surface area (Å²) in [7, 11) is -4.05. The molecule has 0 spiro atoms. The van der Waals surface area contributed by atoms with Gasteiger partial charge in [0.25, 0.3) is 5.69 Å². The van der Waals surface area contributed by atoms with Crippen LogP contribution in [0.3, 0.4) is 0 Å². The number of nitrogens with one attached hydrogen (secondary N) is 1. The van der Waals surface area contributed by atoms with E-state index in [1.807, 2.05) is 0 Å². The van der Waals surface area contributed by atoms with Crippen molar-refractivity contribution in [1.29, 1.82) is 0 Å². The molecular formula is C19H23N7O4S. The van der Waals surface area contributed by atoms with Crippen LogP contribution in [0.1, 0.15) is 25.7 Å². The molecule has 1 saturated heterocycles. The predicted octanol–water partition coefficient (Wildman–Crippen LogP) is 2.09. The van der Waals surface area contributed by atoms with Gasteiger partial charge < -0.3 is 4.90 Å². The van der Waals surface area contributed by atoms with E-state index in [0.29, 0.717) is 5.65 Å². The van der Waals surface area contributed by atoms with Crippen LogP contribution in [-0.2, 0) is 16.6 Å². The number of para-hydroxylation sites is 1. The Hall–Kier alpha value is -3.12. The Kier molecular flexibility index (Phi) is 6.09. The summed E-state index contributed by atoms with van der Waals surface area (Å²) in [6, 6.07) is 5.25. The lowest BCUT2D eigenvalue weighted by Crippen LogP contribution is -2.28. The molecule has 164 valence electrons. The molecule has 3 aromatic rings. The highest BCUT2D eigenvalue weighted by molar-refractivity contribution is 7.89. The molecule has 1 fully saturated rings. The van der Waals surface area contributed by atoms with Crippen LogP contribution in [0, 0.1) is 10.1 Å². The third-order valence-corrected chi connectivity index (χ3v) is 6.79. The van der Waals surface area contributed by atoms with Crippen molar-refractivity contribution in [2.24, 2.45) is 0 Å². The van der Waals surface area contributed by atoms with Crippen LogP contribution in [0.2, 0.25) is 0 Å². The third kappa shape index (κ3) is 4.49. The Morgan fingerprint density at radius 1 is 1.10 bits per heavy atom. The van der Waals surface area contributed by atoms with Gasteiger partial charge in [0.2, 0.25) is 10.0 Å². The van der Waals surface area contributed by atoms with Crippen molar-refractivity contribution in [1.82, 2.24) is 24.5 Å². The maximum absolute atomic E-state index is 12.6. The Balaban J connectivity index is 1.50. The monoisotopic (exact) mass is 445 g/mol. The van der Waals surface area contributed by atoms with Crippen LogP contribution in [0.5, 0.6) is 0 Å². The van der Waals surface area contributed by atoms with Crippen LogP contribution < -0.4 is 9.62 Å². The Labute approximate surface area is 179 Å². The van der Waals surface area contributed by atoms with Crippen molar-refractivity contribution < 1.29 is 13.3 Å². The van der Waals surface area contributed by atoms with Crippen molar-refractivity contribution in [2.75, 3.05) is 24.5 Å². The molecule has 31 heavy (non-hydrogen) atoms. The van der Waals surface area contributed by atoms with E-state index in [0.717, 1.165) is 43.2 Å². The molecule has 11 nitrogen and oxygen atoms in total. The Bertz CT molecular complexity index is 1190. The average molecular weight is 446 g/mol. The first-order valence-corrected chi connectivity index (χ1v) is 11.6. The SMILES string of the molecule is O=[N+]([O-])c1ccccc1S(=O)(=O)NCCn1ncc2c(N3CCCCCC3)ncnc21. The van der Waals surface area contributed by atoms with Crippen LogP contribution in [0.4, 0.5) is 11.5 Å². The summed E-state index contributed by atoms with van der Waals surface area (Å²) in [5.41, 5.74) is 0.161. The number of anilines is 1. The first-order valence-electron chi connectivity index (χ1n) is 10.1. The van der Waals surface area contributed by atoms with E-state index in [4.69, 9.17) is 0 Å². The zero-order chi connectivity index (χ0) is 21.8. The zero-order valence-corrected chi connectivity index (χ0v) is 17.7. The number of nitrogens with zero attached hydrogens (tertiary/aromatic N) is 6. The van der Waals surface area contributed by atoms with Crippen molar-refractivity contribution in [3.63, 3.8) is 0 Å². The van der Waals surface area contributed by atoms with Gasteiger partial charge in [0, 0.05) is 25.7 Å². The summed E-state index contributed by atoms with van der Waals surface area (Å²) < 4.78 is 29.2. The molecule has 1 N–H and O–H groups in total. The van der Waals surface area contributed by atoms with Gasteiger partial charge in [-0.3, -0.25) is 10.1 Å². The first-order chi connectivity index (χ1) is 15.0. The highest BCUT2D eigenvalue weighted by atomic mass is 32.2. The molecule has 3 heterocycles. The molecule has 1 aromatic carbocycles. The lowest BCUT2D eigenvalue weighted by atomic mass is 10.2. The predicted molar refractivity (Wildman–Crippen MR) is 114 cm³/mol. The number of aromatic nitrogens is 4. The van der Waals surface area contributed by atoms with E-state index in [2.05, 4.69) is 24.7 Å². The van der Waals surface area contributed by atoms with Crippen LogP contribution >= 0.6 is 0 Å². The largest absolute Gasteiger partial charge is 0.356 e. The number of nitro benzene ring substituents is 1. The Morgan fingerprint density at radius 2 is 1.84 bits per heavy atom. The fraction of sp³-hybridized carbons (Fsp3) is 0.421. The van der Waals surface area contributed by atoms with Gasteiger partial charge in [-0.25, -0.2) is 27.8 Å². The first kappa shape index (κ1) is 21.1. The summed E-state index contributed by atoms with van der Waals surface area (Å²) >= 11 is 0. The molecule has 4 rings (SSSR count). The highest BCUT2D eigenvalue weighted by Gasteiger charge is 2.25. The minimum atomic E-state index is -4.05. The number of nitro groups is 1. The molecule has 1 aliphatic rings. The van der Waals surface area contributed by atoms with Gasteiger partial charge >= 0.3 is 0 Å². The van der Waals surface area contributed by atoms with Gasteiger partial charge in [-0.1, -0.05) is 25.0 Å². The lowest BCUT2D eigenvalue weighted by Gasteiger charge is -2.21. The lowest BCUT2D eigenvalue weighted by molar-refractivity contribution is -0.387. The molecular weight excluding hydrogens is 422 g/mol. The number of rotatable bonds is 7. The smallest absolute Gasteiger partial charge is 0.289 e. The van der Waals surface area contributed by atoms with Crippen molar-refractivity contribution in [3.8, 4) is 0 Å². The second-order valence-electron chi connectivity index (χ2n) is 7.33. The summed E-state index contributed by atoms with van der Waals surface area (Å²) in [5, 5.41) is 16.3. The molecule has 0 unspecified atom stereocenters. The van der Waals surface area contributed by atoms with Crippen LogP contribution in [-0.4, -0.2) is 52.7 Å². The van der Waals surface area contributed by atoms with Gasteiger partial charge in [0.1, 0.15) is 12.1 Å². The van der Waals surface area contributed by atoms with E-state index in [1.165, 1.54) is 37.4 Å². The molecule has 2 aromatic heterocycles. The quantitative estimate of drug-likeness (QED) is 0.431. The number of sulfonamides is 1. The van der Waals surface area contributed by atoms with Gasteiger partial charge in [-0.05, 0) is 18.9 Å². The van der Waals surface area contributed by atoms with Gasteiger partial charge in [-0.15, -0.1) is 0 Å². The van der Waals surface area contributed by atoms with E-state index in [-0.39, 0.29) is 18.0 Å². The second kappa shape index (κ2) is 8.94. The zero-order valence-electron chi connectivity index (χ0n) is 16.8. The topological polar surface area (TPSA) is 136 Å².